The molecule has 1 aliphatic heterocycles. The Morgan fingerprint density at radius 2 is 1.71 bits per heavy atom. The van der Waals surface area contributed by atoms with Crippen LogP contribution in [0.15, 0.2) is 60.8 Å². The van der Waals surface area contributed by atoms with Crippen molar-refractivity contribution in [2.45, 2.75) is 12.8 Å². The van der Waals surface area contributed by atoms with Gasteiger partial charge in [0.2, 0.25) is 0 Å². The summed E-state index contributed by atoms with van der Waals surface area (Å²) in [6, 6.07) is 16.3. The number of hydrogen-bond acceptors (Lipinski definition) is 3. The number of hydrogen-bond donors (Lipinski definition) is 0. The van der Waals surface area contributed by atoms with E-state index in [4.69, 9.17) is 16.3 Å². The number of pyridine rings is 1. The first kappa shape index (κ1) is 18.9. The molecule has 2 heterocycles. The third kappa shape index (κ3) is 4.51. The second-order valence-corrected chi connectivity index (χ2v) is 7.41. The molecular weight excluding hydrogens is 375 g/mol. The topological polar surface area (TPSA) is 25.4 Å². The highest BCUT2D eigenvalue weighted by molar-refractivity contribution is 6.30. The minimum Gasteiger partial charge on any atom is -0.492 e. The van der Waals surface area contributed by atoms with Gasteiger partial charge in [0, 0.05) is 35.0 Å². The summed E-state index contributed by atoms with van der Waals surface area (Å²) in [5.41, 5.74) is 3.04. The SMILES string of the molecule is Fc1cc(OCCN2CCCC2)ccc1-c1ccc(-c2ccc(Cl)cc2)cn1. The second kappa shape index (κ2) is 8.72. The third-order valence-corrected chi connectivity index (χ3v) is 5.28. The lowest BCUT2D eigenvalue weighted by Crippen LogP contribution is -2.25. The summed E-state index contributed by atoms with van der Waals surface area (Å²) in [6.07, 6.45) is 4.26. The Bertz CT molecular complexity index is 922. The van der Waals surface area contributed by atoms with Crippen molar-refractivity contribution in [3.05, 3.63) is 71.6 Å². The highest BCUT2D eigenvalue weighted by Crippen LogP contribution is 2.27. The zero-order valence-electron chi connectivity index (χ0n) is 15.6. The van der Waals surface area contributed by atoms with Gasteiger partial charge in [-0.15, -0.1) is 0 Å². The van der Waals surface area contributed by atoms with Crippen molar-refractivity contribution < 1.29 is 9.13 Å². The predicted octanol–water partition coefficient (Wildman–Crippen LogP) is 5.68. The maximum absolute atomic E-state index is 14.6. The van der Waals surface area contributed by atoms with Crippen LogP contribution in [0.5, 0.6) is 5.75 Å². The molecule has 0 radical (unpaired) electrons. The van der Waals surface area contributed by atoms with Crippen LogP contribution in [-0.4, -0.2) is 36.1 Å². The molecule has 4 rings (SSSR count). The molecule has 0 spiro atoms. The molecule has 5 heteroatoms. The number of likely N-dealkylation sites (tertiary alicyclic amines) is 1. The summed E-state index contributed by atoms with van der Waals surface area (Å²) in [4.78, 5) is 6.80. The number of ether oxygens (including phenoxy) is 1. The Morgan fingerprint density at radius 1 is 0.964 bits per heavy atom. The molecule has 1 aromatic heterocycles. The molecule has 3 nitrogen and oxygen atoms in total. The number of halogens is 2. The fourth-order valence-electron chi connectivity index (χ4n) is 3.46. The van der Waals surface area contributed by atoms with Crippen LogP contribution in [-0.2, 0) is 0 Å². The van der Waals surface area contributed by atoms with Crippen LogP contribution in [0.2, 0.25) is 5.02 Å². The number of rotatable bonds is 6. The van der Waals surface area contributed by atoms with E-state index >= 15 is 0 Å². The van der Waals surface area contributed by atoms with Crippen LogP contribution in [0.3, 0.4) is 0 Å². The molecule has 0 unspecified atom stereocenters. The van der Waals surface area contributed by atoms with Gasteiger partial charge in [0.1, 0.15) is 18.2 Å². The fourth-order valence-corrected chi connectivity index (χ4v) is 3.58. The average Bonchev–Trinajstić information content (AvgIpc) is 3.23. The molecule has 3 aromatic rings. The predicted molar refractivity (Wildman–Crippen MR) is 111 cm³/mol. The number of nitrogens with zero attached hydrogens (tertiary/aromatic N) is 2. The van der Waals surface area contributed by atoms with Crippen LogP contribution in [0, 0.1) is 5.82 Å². The van der Waals surface area contributed by atoms with E-state index in [1.165, 1.54) is 18.9 Å². The van der Waals surface area contributed by atoms with Gasteiger partial charge in [-0.05, 0) is 61.8 Å². The number of benzene rings is 2. The Labute approximate surface area is 169 Å². The van der Waals surface area contributed by atoms with E-state index in [1.54, 1.807) is 18.3 Å². The monoisotopic (exact) mass is 396 g/mol. The van der Waals surface area contributed by atoms with Crippen molar-refractivity contribution in [2.75, 3.05) is 26.2 Å². The molecule has 0 atom stereocenters. The first-order chi connectivity index (χ1) is 13.7. The van der Waals surface area contributed by atoms with Gasteiger partial charge in [-0.25, -0.2) is 4.39 Å². The molecule has 144 valence electrons. The van der Waals surface area contributed by atoms with E-state index < -0.39 is 0 Å². The van der Waals surface area contributed by atoms with Gasteiger partial charge in [0.15, 0.2) is 0 Å². The highest BCUT2D eigenvalue weighted by Gasteiger charge is 2.12. The summed E-state index contributed by atoms with van der Waals surface area (Å²) in [5.74, 6) is 0.226. The lowest BCUT2D eigenvalue weighted by molar-refractivity contribution is 0.237. The second-order valence-electron chi connectivity index (χ2n) is 6.98. The quantitative estimate of drug-likeness (QED) is 0.535. The molecule has 1 saturated heterocycles. The van der Waals surface area contributed by atoms with E-state index in [1.807, 2.05) is 36.4 Å². The van der Waals surface area contributed by atoms with Crippen molar-refractivity contribution in [1.82, 2.24) is 9.88 Å². The first-order valence-corrected chi connectivity index (χ1v) is 9.94. The normalized spacial score (nSPS) is 14.4. The standard InChI is InChI=1S/C23H22ClFN2O/c24-19-6-3-17(4-7-19)18-5-10-23(26-16-18)21-9-8-20(15-22(21)25)28-14-13-27-11-1-2-12-27/h3-10,15-16H,1-2,11-14H2. The van der Waals surface area contributed by atoms with Crippen LogP contribution < -0.4 is 4.74 Å². The largest absolute Gasteiger partial charge is 0.492 e. The van der Waals surface area contributed by atoms with Gasteiger partial charge in [0.05, 0.1) is 5.69 Å². The molecule has 0 saturated carbocycles. The zero-order chi connectivity index (χ0) is 19.3. The summed E-state index contributed by atoms with van der Waals surface area (Å²) in [6.45, 7) is 3.73. The minimum atomic E-state index is -0.328. The van der Waals surface area contributed by atoms with Crippen molar-refractivity contribution in [2.24, 2.45) is 0 Å². The molecule has 0 N–H and O–H groups in total. The molecule has 28 heavy (non-hydrogen) atoms. The molecule has 1 aliphatic rings. The Hall–Kier alpha value is -2.43. The highest BCUT2D eigenvalue weighted by atomic mass is 35.5. The maximum Gasteiger partial charge on any atom is 0.136 e. The van der Waals surface area contributed by atoms with Crippen LogP contribution in [0.1, 0.15) is 12.8 Å². The average molecular weight is 397 g/mol. The van der Waals surface area contributed by atoms with Crippen molar-refractivity contribution >= 4 is 11.6 Å². The lowest BCUT2D eigenvalue weighted by atomic mass is 10.1. The van der Waals surface area contributed by atoms with Crippen molar-refractivity contribution in [3.8, 4) is 28.1 Å². The van der Waals surface area contributed by atoms with E-state index in [-0.39, 0.29) is 5.82 Å². The third-order valence-electron chi connectivity index (χ3n) is 5.03. The van der Waals surface area contributed by atoms with E-state index in [0.29, 0.717) is 28.6 Å². The van der Waals surface area contributed by atoms with Gasteiger partial charge in [-0.2, -0.15) is 0 Å². The summed E-state index contributed by atoms with van der Waals surface area (Å²) in [5, 5.41) is 0.693. The molecule has 2 aromatic carbocycles. The summed E-state index contributed by atoms with van der Waals surface area (Å²) >= 11 is 5.93. The van der Waals surface area contributed by atoms with Gasteiger partial charge < -0.3 is 4.74 Å². The zero-order valence-corrected chi connectivity index (χ0v) is 16.3. The fraction of sp³-hybridized carbons (Fsp3) is 0.261. The molecule has 0 bridgehead atoms. The molecule has 0 amide bonds. The Morgan fingerprint density at radius 3 is 2.39 bits per heavy atom. The Kier molecular flexibility index (Phi) is 5.89. The summed E-state index contributed by atoms with van der Waals surface area (Å²) < 4.78 is 20.3. The van der Waals surface area contributed by atoms with Gasteiger partial charge in [-0.3, -0.25) is 9.88 Å². The smallest absolute Gasteiger partial charge is 0.136 e. The van der Waals surface area contributed by atoms with Gasteiger partial charge >= 0.3 is 0 Å². The van der Waals surface area contributed by atoms with Crippen LogP contribution in [0.25, 0.3) is 22.4 Å². The van der Waals surface area contributed by atoms with Crippen molar-refractivity contribution in [1.29, 1.82) is 0 Å². The lowest BCUT2D eigenvalue weighted by Gasteiger charge is -2.15. The van der Waals surface area contributed by atoms with Gasteiger partial charge in [0.25, 0.3) is 0 Å². The maximum atomic E-state index is 14.6. The number of aromatic nitrogens is 1. The van der Waals surface area contributed by atoms with E-state index in [0.717, 1.165) is 30.8 Å². The van der Waals surface area contributed by atoms with Crippen LogP contribution in [0.4, 0.5) is 4.39 Å². The van der Waals surface area contributed by atoms with Crippen LogP contribution >= 0.6 is 11.6 Å². The van der Waals surface area contributed by atoms with E-state index in [2.05, 4.69) is 9.88 Å². The minimum absolute atomic E-state index is 0.328. The summed E-state index contributed by atoms with van der Waals surface area (Å²) in [7, 11) is 0. The molecule has 1 fully saturated rings. The van der Waals surface area contributed by atoms with E-state index in [9.17, 15) is 4.39 Å². The van der Waals surface area contributed by atoms with Gasteiger partial charge in [-0.1, -0.05) is 29.8 Å². The van der Waals surface area contributed by atoms with Crippen molar-refractivity contribution in [3.63, 3.8) is 0 Å². The Balaban J connectivity index is 1.42. The molecule has 0 aliphatic carbocycles. The molecular formula is C23H22ClFN2O. The first-order valence-electron chi connectivity index (χ1n) is 9.56.